The van der Waals surface area contributed by atoms with Crippen molar-refractivity contribution in [3.63, 3.8) is 0 Å². The third-order valence-electron chi connectivity index (χ3n) is 4.19. The van der Waals surface area contributed by atoms with Gasteiger partial charge >= 0.3 is 0 Å². The summed E-state index contributed by atoms with van der Waals surface area (Å²) in [5, 5.41) is 2.76. The summed E-state index contributed by atoms with van der Waals surface area (Å²) in [6.45, 7) is 1.83. The molecule has 0 aliphatic rings. The van der Waals surface area contributed by atoms with Crippen LogP contribution in [0.2, 0.25) is 0 Å². The number of halogens is 2. The monoisotopic (exact) mass is 453 g/mol. The van der Waals surface area contributed by atoms with Crippen LogP contribution < -0.4 is 5.32 Å². The van der Waals surface area contributed by atoms with Crippen LogP contribution in [0.3, 0.4) is 0 Å². The molecule has 0 aliphatic heterocycles. The summed E-state index contributed by atoms with van der Waals surface area (Å²) in [5.74, 6) is -1.03. The number of hydrogen-bond acceptors (Lipinski definition) is 4. The Morgan fingerprint density at radius 3 is 2.62 bits per heavy atom. The van der Waals surface area contributed by atoms with E-state index in [-0.39, 0.29) is 18.1 Å². The first-order chi connectivity index (χ1) is 13.9. The number of anilines is 1. The Morgan fingerprint density at radius 1 is 1.14 bits per heavy atom. The van der Waals surface area contributed by atoms with Gasteiger partial charge in [0.05, 0.1) is 0 Å². The van der Waals surface area contributed by atoms with Crippen LogP contribution in [0.1, 0.15) is 27.0 Å². The Hall–Kier alpha value is -3.19. The van der Waals surface area contributed by atoms with E-state index in [0.717, 1.165) is 5.56 Å². The molecule has 1 aromatic heterocycles. The molecule has 1 heterocycles. The number of aromatic nitrogens is 2. The normalized spacial score (nSPS) is 10.9. The van der Waals surface area contributed by atoms with Crippen LogP contribution in [-0.2, 0) is 11.2 Å². The molecule has 1 N–H and O–H groups in total. The van der Waals surface area contributed by atoms with Crippen LogP contribution in [0.5, 0.6) is 0 Å². The van der Waals surface area contributed by atoms with Crippen LogP contribution in [0.4, 0.5) is 10.1 Å². The molecular weight excluding hydrogens is 437 g/mol. The van der Waals surface area contributed by atoms with Gasteiger partial charge < -0.3 is 5.32 Å². The van der Waals surface area contributed by atoms with Gasteiger partial charge in [-0.3, -0.25) is 9.59 Å². The lowest BCUT2D eigenvalue weighted by Gasteiger charge is -2.09. The zero-order valence-corrected chi connectivity index (χ0v) is 17.1. The van der Waals surface area contributed by atoms with E-state index < -0.39 is 5.82 Å². The number of ketones is 1. The number of nitrogens with one attached hydrogen (secondary N) is 1. The Balaban J connectivity index is 1.72. The number of Topliss-reactive ketones (excluding diaryl/α,β-unsaturated/α-hetero) is 1. The van der Waals surface area contributed by atoms with Gasteiger partial charge in [0.2, 0.25) is 5.91 Å². The van der Waals surface area contributed by atoms with Crippen molar-refractivity contribution in [1.82, 2.24) is 9.97 Å². The molecule has 0 aliphatic carbocycles. The second kappa shape index (κ2) is 9.34. The van der Waals surface area contributed by atoms with Crippen molar-refractivity contribution in [1.29, 1.82) is 0 Å². The van der Waals surface area contributed by atoms with Gasteiger partial charge in [-0.25, -0.2) is 14.4 Å². The molecule has 0 bridgehead atoms. The minimum Gasteiger partial charge on any atom is -0.322 e. The van der Waals surface area contributed by atoms with E-state index in [1.165, 1.54) is 18.5 Å². The Morgan fingerprint density at radius 2 is 1.90 bits per heavy atom. The molecule has 146 valence electrons. The maximum absolute atomic E-state index is 14.0. The lowest BCUT2D eigenvalue weighted by Crippen LogP contribution is -2.11. The Bertz CT molecular complexity index is 1080. The molecule has 0 unspecified atom stereocenters. The predicted octanol–water partition coefficient (Wildman–Crippen LogP) is 4.76. The van der Waals surface area contributed by atoms with Gasteiger partial charge in [-0.15, -0.1) is 0 Å². The van der Waals surface area contributed by atoms with E-state index in [1.54, 1.807) is 48.8 Å². The second-order valence-corrected chi connectivity index (χ2v) is 7.28. The van der Waals surface area contributed by atoms with E-state index in [2.05, 4.69) is 31.2 Å². The molecule has 0 radical (unpaired) electrons. The van der Waals surface area contributed by atoms with E-state index in [4.69, 9.17) is 0 Å². The number of carbonyl (C=O) groups excluding carboxylic acids is 2. The fourth-order valence-corrected chi connectivity index (χ4v) is 2.95. The highest BCUT2D eigenvalue weighted by atomic mass is 79.9. The first-order valence-corrected chi connectivity index (χ1v) is 9.53. The van der Waals surface area contributed by atoms with Gasteiger partial charge in [-0.2, -0.15) is 0 Å². The van der Waals surface area contributed by atoms with Gasteiger partial charge in [0.1, 0.15) is 12.1 Å². The summed E-state index contributed by atoms with van der Waals surface area (Å²) in [4.78, 5) is 32.6. The van der Waals surface area contributed by atoms with Crippen LogP contribution in [-0.4, -0.2) is 21.7 Å². The number of rotatable bonds is 6. The van der Waals surface area contributed by atoms with Crippen molar-refractivity contribution in [2.24, 2.45) is 0 Å². The number of benzene rings is 2. The molecule has 0 fully saturated rings. The van der Waals surface area contributed by atoms with Crippen LogP contribution in [0.25, 0.3) is 6.08 Å². The lowest BCUT2D eigenvalue weighted by atomic mass is 10.0. The second-order valence-electron chi connectivity index (χ2n) is 6.36. The zero-order chi connectivity index (χ0) is 20.8. The lowest BCUT2D eigenvalue weighted by molar-refractivity contribution is -0.111. The van der Waals surface area contributed by atoms with Crippen LogP contribution in [0.15, 0.2) is 65.7 Å². The Labute approximate surface area is 175 Å². The van der Waals surface area contributed by atoms with Crippen LogP contribution in [0, 0.1) is 12.7 Å². The quantitative estimate of drug-likeness (QED) is 0.431. The molecule has 1 amide bonds. The summed E-state index contributed by atoms with van der Waals surface area (Å²) in [5.41, 5.74) is 2.73. The van der Waals surface area contributed by atoms with Crippen molar-refractivity contribution in [2.75, 3.05) is 5.32 Å². The van der Waals surface area contributed by atoms with E-state index in [0.29, 0.717) is 26.9 Å². The van der Waals surface area contributed by atoms with Crippen molar-refractivity contribution >= 4 is 39.4 Å². The number of hydrogen-bond donors (Lipinski definition) is 1. The van der Waals surface area contributed by atoms with E-state index in [9.17, 15) is 14.0 Å². The molecule has 2 aromatic carbocycles. The molecule has 29 heavy (non-hydrogen) atoms. The molecule has 7 heteroatoms. The van der Waals surface area contributed by atoms with Crippen molar-refractivity contribution in [3.8, 4) is 0 Å². The van der Waals surface area contributed by atoms with Crippen molar-refractivity contribution < 1.29 is 14.0 Å². The molecular formula is C22H17BrFN3O2. The molecule has 3 aromatic rings. The SMILES string of the molecule is Cc1ccc(C(=O)Cc2ccc(Br)cc2F)cc1NC(=O)/C=C/c1cncnc1. The molecule has 0 spiro atoms. The summed E-state index contributed by atoms with van der Waals surface area (Å²) in [6, 6.07) is 9.61. The maximum Gasteiger partial charge on any atom is 0.248 e. The highest BCUT2D eigenvalue weighted by Gasteiger charge is 2.13. The highest BCUT2D eigenvalue weighted by molar-refractivity contribution is 9.10. The third kappa shape index (κ3) is 5.65. The number of aryl methyl sites for hydroxylation is 1. The largest absolute Gasteiger partial charge is 0.322 e. The first-order valence-electron chi connectivity index (χ1n) is 8.74. The smallest absolute Gasteiger partial charge is 0.248 e. The van der Waals surface area contributed by atoms with Gasteiger partial charge in [0, 0.05) is 46.2 Å². The van der Waals surface area contributed by atoms with Crippen molar-refractivity contribution in [2.45, 2.75) is 13.3 Å². The maximum atomic E-state index is 14.0. The number of carbonyl (C=O) groups is 2. The van der Waals surface area contributed by atoms with Gasteiger partial charge in [0.25, 0.3) is 0 Å². The van der Waals surface area contributed by atoms with E-state index in [1.807, 2.05) is 6.92 Å². The molecule has 3 rings (SSSR count). The average Bonchev–Trinajstić information content (AvgIpc) is 2.71. The summed E-state index contributed by atoms with van der Waals surface area (Å²) < 4.78 is 14.6. The average molecular weight is 454 g/mol. The Kier molecular flexibility index (Phi) is 6.61. The predicted molar refractivity (Wildman–Crippen MR) is 113 cm³/mol. The number of nitrogens with zero attached hydrogens (tertiary/aromatic N) is 2. The summed E-state index contributed by atoms with van der Waals surface area (Å²) >= 11 is 3.20. The van der Waals surface area contributed by atoms with Gasteiger partial charge in [-0.05, 0) is 42.3 Å². The van der Waals surface area contributed by atoms with Crippen LogP contribution >= 0.6 is 15.9 Å². The zero-order valence-electron chi connectivity index (χ0n) is 15.5. The number of amides is 1. The molecule has 0 atom stereocenters. The minimum atomic E-state index is -0.441. The standard InChI is InChI=1S/C22H17BrFN3O2/c1-14-2-4-17(21(28)9-16-5-6-18(23)10-19(16)24)8-20(14)27-22(29)7-3-15-11-25-13-26-12-15/h2-8,10-13H,9H2,1H3,(H,27,29)/b7-3+. The van der Waals surface area contributed by atoms with E-state index >= 15 is 0 Å². The molecule has 0 saturated heterocycles. The van der Waals surface area contributed by atoms with Gasteiger partial charge in [-0.1, -0.05) is 34.1 Å². The highest BCUT2D eigenvalue weighted by Crippen LogP contribution is 2.21. The minimum absolute atomic E-state index is 0.0660. The first kappa shape index (κ1) is 20.5. The summed E-state index contributed by atoms with van der Waals surface area (Å²) in [7, 11) is 0. The molecule has 5 nitrogen and oxygen atoms in total. The topological polar surface area (TPSA) is 72.0 Å². The van der Waals surface area contributed by atoms with Gasteiger partial charge in [0.15, 0.2) is 5.78 Å². The summed E-state index contributed by atoms with van der Waals surface area (Å²) in [6.07, 6.45) is 7.47. The fourth-order valence-electron chi connectivity index (χ4n) is 2.61. The fraction of sp³-hybridized carbons (Fsp3) is 0.0909. The molecule has 0 saturated carbocycles. The third-order valence-corrected chi connectivity index (χ3v) is 4.68. The van der Waals surface area contributed by atoms with Crippen molar-refractivity contribution in [3.05, 3.63) is 93.7 Å².